The first-order valence-electron chi connectivity index (χ1n) is 9.94. The molecule has 0 bridgehead atoms. The van der Waals surface area contributed by atoms with Gasteiger partial charge in [-0.05, 0) is 39.8 Å². The van der Waals surface area contributed by atoms with Crippen LogP contribution in [0.2, 0.25) is 0 Å². The maximum Gasteiger partial charge on any atom is 0.255 e. The number of para-hydroxylation sites is 1. The number of hydrogen-bond donors (Lipinski definition) is 1. The van der Waals surface area contributed by atoms with Gasteiger partial charge in [-0.25, -0.2) is 0 Å². The monoisotopic (exact) mass is 402 g/mol. The lowest BCUT2D eigenvalue weighted by atomic mass is 10.00. The van der Waals surface area contributed by atoms with E-state index in [0.717, 1.165) is 13.1 Å². The standard InChI is InChI=1S/C21H30N4O4/c1-14-10-25(11-15(2)28-14)21(4,5)13-22-20(26)17-8-6-7-9-18(17)27-12-19-23-16(3)29-24-19/h6-9,14-15H,10-13H2,1-5H3,(H,22,26). The maximum absolute atomic E-state index is 12.9. The zero-order valence-electron chi connectivity index (χ0n) is 17.8. The first-order valence-corrected chi connectivity index (χ1v) is 9.94. The Balaban J connectivity index is 1.61. The van der Waals surface area contributed by atoms with Gasteiger partial charge in [0.05, 0.1) is 17.8 Å². The lowest BCUT2D eigenvalue weighted by Crippen LogP contribution is -2.58. The fraction of sp³-hybridized carbons (Fsp3) is 0.571. The molecule has 158 valence electrons. The zero-order chi connectivity index (χ0) is 21.0. The number of hydrogen-bond acceptors (Lipinski definition) is 7. The van der Waals surface area contributed by atoms with Crippen LogP contribution in [0.25, 0.3) is 0 Å². The quantitative estimate of drug-likeness (QED) is 0.761. The smallest absolute Gasteiger partial charge is 0.255 e. The summed E-state index contributed by atoms with van der Waals surface area (Å²) in [4.78, 5) is 19.3. The summed E-state index contributed by atoms with van der Waals surface area (Å²) >= 11 is 0. The average molecular weight is 402 g/mol. The molecule has 2 atom stereocenters. The third kappa shape index (κ3) is 5.55. The van der Waals surface area contributed by atoms with Gasteiger partial charge in [-0.1, -0.05) is 17.3 Å². The van der Waals surface area contributed by atoms with E-state index in [1.165, 1.54) is 0 Å². The summed E-state index contributed by atoms with van der Waals surface area (Å²) in [6, 6.07) is 7.15. The molecule has 1 fully saturated rings. The highest BCUT2D eigenvalue weighted by atomic mass is 16.5. The highest BCUT2D eigenvalue weighted by molar-refractivity contribution is 5.96. The van der Waals surface area contributed by atoms with Crippen molar-refractivity contribution in [1.82, 2.24) is 20.4 Å². The first-order chi connectivity index (χ1) is 13.7. The second-order valence-electron chi connectivity index (χ2n) is 8.17. The zero-order valence-corrected chi connectivity index (χ0v) is 17.8. The van der Waals surface area contributed by atoms with E-state index in [1.807, 2.05) is 12.1 Å². The van der Waals surface area contributed by atoms with Gasteiger partial charge in [0.1, 0.15) is 5.75 Å². The summed E-state index contributed by atoms with van der Waals surface area (Å²) in [7, 11) is 0. The number of morpholine rings is 1. The largest absolute Gasteiger partial charge is 0.485 e. The van der Waals surface area contributed by atoms with Crippen molar-refractivity contribution < 1.29 is 18.8 Å². The number of amides is 1. The Morgan fingerprint density at radius 1 is 1.28 bits per heavy atom. The number of aryl methyl sites for hydroxylation is 1. The number of nitrogens with zero attached hydrogens (tertiary/aromatic N) is 3. The van der Waals surface area contributed by atoms with Crippen molar-refractivity contribution in [1.29, 1.82) is 0 Å². The molecule has 1 aromatic carbocycles. The molecule has 1 amide bonds. The van der Waals surface area contributed by atoms with Crippen molar-refractivity contribution in [3.63, 3.8) is 0 Å². The molecular weight excluding hydrogens is 372 g/mol. The van der Waals surface area contributed by atoms with E-state index in [-0.39, 0.29) is 30.3 Å². The van der Waals surface area contributed by atoms with E-state index in [9.17, 15) is 4.79 Å². The Bertz CT molecular complexity index is 826. The predicted molar refractivity (Wildman–Crippen MR) is 108 cm³/mol. The number of ether oxygens (including phenoxy) is 2. The van der Waals surface area contributed by atoms with Crippen LogP contribution in [0, 0.1) is 6.92 Å². The molecule has 0 saturated carbocycles. The summed E-state index contributed by atoms with van der Waals surface area (Å²) in [5.74, 6) is 1.23. The molecule has 8 nitrogen and oxygen atoms in total. The number of rotatable bonds is 7. The van der Waals surface area contributed by atoms with Gasteiger partial charge < -0.3 is 19.3 Å². The summed E-state index contributed by atoms with van der Waals surface area (Å²) in [6.45, 7) is 12.5. The molecule has 2 aromatic rings. The van der Waals surface area contributed by atoms with Gasteiger partial charge >= 0.3 is 0 Å². The molecule has 0 spiro atoms. The van der Waals surface area contributed by atoms with Crippen molar-refractivity contribution in [2.45, 2.75) is 59.0 Å². The van der Waals surface area contributed by atoms with Gasteiger partial charge in [0.25, 0.3) is 5.91 Å². The fourth-order valence-electron chi connectivity index (χ4n) is 3.50. The number of nitrogens with one attached hydrogen (secondary N) is 1. The molecular formula is C21H30N4O4. The lowest BCUT2D eigenvalue weighted by Gasteiger charge is -2.45. The summed E-state index contributed by atoms with van der Waals surface area (Å²) in [6.07, 6.45) is 0.355. The van der Waals surface area contributed by atoms with E-state index in [2.05, 4.69) is 48.1 Å². The van der Waals surface area contributed by atoms with Gasteiger partial charge in [0.15, 0.2) is 6.61 Å². The Labute approximate surface area is 171 Å². The van der Waals surface area contributed by atoms with Crippen LogP contribution < -0.4 is 10.1 Å². The van der Waals surface area contributed by atoms with Crippen molar-refractivity contribution in [3.8, 4) is 5.75 Å². The second kappa shape index (κ2) is 8.92. The van der Waals surface area contributed by atoms with Crippen molar-refractivity contribution in [2.24, 2.45) is 0 Å². The normalized spacial score (nSPS) is 20.4. The van der Waals surface area contributed by atoms with Gasteiger partial charge in [-0.3, -0.25) is 9.69 Å². The molecule has 8 heteroatoms. The minimum absolute atomic E-state index is 0.136. The molecule has 29 heavy (non-hydrogen) atoms. The van der Waals surface area contributed by atoms with Crippen molar-refractivity contribution >= 4 is 5.91 Å². The highest BCUT2D eigenvalue weighted by Gasteiger charge is 2.33. The lowest BCUT2D eigenvalue weighted by molar-refractivity contribution is -0.0948. The molecule has 2 heterocycles. The number of carbonyl (C=O) groups excluding carboxylic acids is 1. The van der Waals surface area contributed by atoms with Crippen LogP contribution >= 0.6 is 0 Å². The molecule has 0 aliphatic carbocycles. The minimum atomic E-state index is -0.195. The molecule has 1 N–H and O–H groups in total. The van der Waals surface area contributed by atoms with Crippen LogP contribution in [-0.4, -0.2) is 58.3 Å². The summed E-state index contributed by atoms with van der Waals surface area (Å²) in [5, 5.41) is 6.87. The van der Waals surface area contributed by atoms with Crippen LogP contribution in [-0.2, 0) is 11.3 Å². The van der Waals surface area contributed by atoms with E-state index in [4.69, 9.17) is 14.0 Å². The molecule has 1 aromatic heterocycles. The van der Waals surface area contributed by atoms with E-state index < -0.39 is 0 Å². The van der Waals surface area contributed by atoms with Gasteiger partial charge in [0.2, 0.25) is 11.7 Å². The average Bonchev–Trinajstić information content (AvgIpc) is 3.09. The molecule has 0 radical (unpaired) electrons. The fourth-order valence-corrected chi connectivity index (χ4v) is 3.50. The molecule has 1 aliphatic rings. The van der Waals surface area contributed by atoms with Crippen LogP contribution in [0.5, 0.6) is 5.75 Å². The van der Waals surface area contributed by atoms with Gasteiger partial charge in [-0.2, -0.15) is 4.98 Å². The van der Waals surface area contributed by atoms with Crippen molar-refractivity contribution in [2.75, 3.05) is 19.6 Å². The summed E-state index contributed by atoms with van der Waals surface area (Å²) in [5.41, 5.74) is 0.284. The Hall–Kier alpha value is -2.45. The van der Waals surface area contributed by atoms with Crippen LogP contribution in [0.15, 0.2) is 28.8 Å². The van der Waals surface area contributed by atoms with Crippen LogP contribution in [0.3, 0.4) is 0 Å². The van der Waals surface area contributed by atoms with E-state index in [1.54, 1.807) is 19.1 Å². The number of benzene rings is 1. The Morgan fingerprint density at radius 2 is 1.97 bits per heavy atom. The molecule has 1 aliphatic heterocycles. The minimum Gasteiger partial charge on any atom is -0.485 e. The van der Waals surface area contributed by atoms with E-state index in [0.29, 0.717) is 29.6 Å². The van der Waals surface area contributed by atoms with Gasteiger partial charge in [-0.15, -0.1) is 0 Å². The third-order valence-electron chi connectivity index (χ3n) is 5.02. The van der Waals surface area contributed by atoms with Crippen LogP contribution in [0.4, 0.5) is 0 Å². The molecule has 1 saturated heterocycles. The van der Waals surface area contributed by atoms with E-state index >= 15 is 0 Å². The predicted octanol–water partition coefficient (Wildman–Crippen LogP) is 2.57. The highest BCUT2D eigenvalue weighted by Crippen LogP contribution is 2.22. The Morgan fingerprint density at radius 3 is 2.62 bits per heavy atom. The third-order valence-corrected chi connectivity index (χ3v) is 5.02. The molecule has 2 unspecified atom stereocenters. The van der Waals surface area contributed by atoms with Crippen LogP contribution in [0.1, 0.15) is 49.8 Å². The topological polar surface area (TPSA) is 89.7 Å². The van der Waals surface area contributed by atoms with Crippen molar-refractivity contribution in [3.05, 3.63) is 41.5 Å². The maximum atomic E-state index is 12.9. The first kappa shape index (κ1) is 21.3. The van der Waals surface area contributed by atoms with Gasteiger partial charge in [0, 0.05) is 32.1 Å². The second-order valence-corrected chi connectivity index (χ2v) is 8.17. The number of aromatic nitrogens is 2. The molecule has 3 rings (SSSR count). The Kier molecular flexibility index (Phi) is 6.54. The summed E-state index contributed by atoms with van der Waals surface area (Å²) < 4.78 is 16.5. The number of carbonyl (C=O) groups is 1. The SMILES string of the molecule is Cc1nc(COc2ccccc2C(=O)NCC(C)(C)N2CC(C)OC(C)C2)no1.